The lowest BCUT2D eigenvalue weighted by Crippen LogP contribution is -2.06. The third kappa shape index (κ3) is 5.25. The summed E-state index contributed by atoms with van der Waals surface area (Å²) in [7, 11) is 0. The van der Waals surface area contributed by atoms with Crippen LogP contribution >= 0.6 is 0 Å². The molecular weight excluding hydrogens is 757 g/mol. The first kappa shape index (κ1) is 34.5. The molecule has 0 aliphatic heterocycles. The molecule has 5 heteroatoms. The fourth-order valence-electron chi connectivity index (χ4n) is 9.59. The normalized spacial score (nSPS) is 11.9. The van der Waals surface area contributed by atoms with Crippen LogP contribution < -0.4 is 0 Å². The average Bonchev–Trinajstić information content (AvgIpc) is 3.90. The summed E-state index contributed by atoms with van der Waals surface area (Å²) in [5.41, 5.74) is 9.83. The van der Waals surface area contributed by atoms with Gasteiger partial charge in [-0.25, -0.2) is 4.98 Å². The van der Waals surface area contributed by atoms with E-state index in [0.717, 1.165) is 77.1 Å². The number of furan rings is 1. The second-order valence-electron chi connectivity index (χ2n) is 15.9. The monoisotopic (exact) mass is 790 g/mol. The van der Waals surface area contributed by atoms with Crippen molar-refractivity contribution >= 4 is 76.1 Å². The molecule has 0 saturated carbocycles. The molecule has 0 fully saturated rings. The van der Waals surface area contributed by atoms with E-state index in [4.69, 9.17) is 19.4 Å². The van der Waals surface area contributed by atoms with E-state index < -0.39 is 0 Å². The summed E-state index contributed by atoms with van der Waals surface area (Å²) in [5, 5.41) is 11.7. The Morgan fingerprint density at radius 3 is 1.50 bits per heavy atom. The van der Waals surface area contributed by atoms with E-state index in [1.54, 1.807) is 0 Å². The number of hydrogen-bond acceptors (Lipinski definition) is 4. The highest BCUT2D eigenvalue weighted by Crippen LogP contribution is 2.46. The number of rotatable bonds is 5. The standard InChI is InChI=1S/C57H34N4O/c1-3-15-35(16-4-1)36-27-29-38(30-28-36)56-58-55(37-17-5-2-6-18-37)59-57(60-56)61-50-25-13-11-24-46(50)52-47(34-49-45-23-12-14-26-51(45)62-54(49)53(52)61)39-31-32-44-42-21-8-7-19-40(42)41-20-9-10-22-43(41)48(44)33-39/h1-34H. The molecule has 62 heavy (non-hydrogen) atoms. The second kappa shape index (κ2) is 13.6. The Morgan fingerprint density at radius 1 is 0.339 bits per heavy atom. The summed E-state index contributed by atoms with van der Waals surface area (Å²) in [6, 6.07) is 72.7. The largest absolute Gasteiger partial charge is 0.454 e. The molecule has 0 bridgehead atoms. The van der Waals surface area contributed by atoms with Crippen molar-refractivity contribution in [2.45, 2.75) is 0 Å². The summed E-state index contributed by atoms with van der Waals surface area (Å²) in [4.78, 5) is 15.8. The number of fused-ring (bicyclic) bond motifs is 13. The molecule has 0 unspecified atom stereocenters. The molecule has 13 rings (SSSR count). The van der Waals surface area contributed by atoms with Crippen molar-refractivity contribution in [3.8, 4) is 51.0 Å². The second-order valence-corrected chi connectivity index (χ2v) is 15.9. The van der Waals surface area contributed by atoms with Crippen LogP contribution in [0.4, 0.5) is 0 Å². The van der Waals surface area contributed by atoms with E-state index in [2.05, 4.69) is 180 Å². The zero-order valence-electron chi connectivity index (χ0n) is 33.3. The van der Waals surface area contributed by atoms with E-state index in [1.165, 1.54) is 32.3 Å². The Kier molecular flexibility index (Phi) is 7.54. The van der Waals surface area contributed by atoms with E-state index in [9.17, 15) is 0 Å². The molecule has 0 saturated heterocycles. The zero-order valence-corrected chi connectivity index (χ0v) is 33.3. The first-order chi connectivity index (χ1) is 30.7. The molecule has 10 aromatic carbocycles. The fourth-order valence-corrected chi connectivity index (χ4v) is 9.59. The number of hydrogen-bond donors (Lipinski definition) is 0. The van der Waals surface area contributed by atoms with Crippen molar-refractivity contribution in [2.75, 3.05) is 0 Å². The van der Waals surface area contributed by atoms with Gasteiger partial charge in [-0.1, -0.05) is 182 Å². The van der Waals surface area contributed by atoms with Crippen molar-refractivity contribution in [1.29, 1.82) is 0 Å². The molecule has 0 N–H and O–H groups in total. The van der Waals surface area contributed by atoms with Gasteiger partial charge in [-0.15, -0.1) is 0 Å². The Labute approximate surface area is 355 Å². The highest BCUT2D eigenvalue weighted by Gasteiger charge is 2.25. The van der Waals surface area contributed by atoms with Crippen molar-refractivity contribution < 1.29 is 4.42 Å². The van der Waals surface area contributed by atoms with E-state index in [-0.39, 0.29) is 0 Å². The molecule has 5 nitrogen and oxygen atoms in total. The quantitative estimate of drug-likeness (QED) is 0.163. The molecule has 3 heterocycles. The van der Waals surface area contributed by atoms with Crippen LogP contribution in [0.2, 0.25) is 0 Å². The van der Waals surface area contributed by atoms with Crippen LogP contribution in [0, 0.1) is 0 Å². The van der Waals surface area contributed by atoms with Gasteiger partial charge in [-0.05, 0) is 78.8 Å². The van der Waals surface area contributed by atoms with Gasteiger partial charge in [0, 0.05) is 32.7 Å². The van der Waals surface area contributed by atoms with Crippen molar-refractivity contribution in [1.82, 2.24) is 19.5 Å². The third-order valence-corrected chi connectivity index (χ3v) is 12.4. The summed E-state index contributed by atoms with van der Waals surface area (Å²) < 4.78 is 9.11. The van der Waals surface area contributed by atoms with Gasteiger partial charge >= 0.3 is 0 Å². The molecule has 0 aliphatic carbocycles. The molecule has 0 spiro atoms. The first-order valence-electron chi connectivity index (χ1n) is 20.9. The van der Waals surface area contributed by atoms with Gasteiger partial charge in [0.15, 0.2) is 17.2 Å². The maximum Gasteiger partial charge on any atom is 0.238 e. The summed E-state index contributed by atoms with van der Waals surface area (Å²) in [6.07, 6.45) is 0. The van der Waals surface area contributed by atoms with Gasteiger partial charge < -0.3 is 4.42 Å². The first-order valence-corrected chi connectivity index (χ1v) is 20.9. The summed E-state index contributed by atoms with van der Waals surface area (Å²) >= 11 is 0. The Balaban J connectivity index is 1.13. The van der Waals surface area contributed by atoms with Gasteiger partial charge in [-0.2, -0.15) is 9.97 Å². The number of nitrogens with zero attached hydrogens (tertiary/aromatic N) is 4. The molecule has 0 aliphatic rings. The minimum absolute atomic E-state index is 0.516. The molecule has 0 amide bonds. The lowest BCUT2D eigenvalue weighted by molar-refractivity contribution is 0.670. The van der Waals surface area contributed by atoms with Crippen molar-refractivity contribution in [2.24, 2.45) is 0 Å². The molecular formula is C57H34N4O. The number of aromatic nitrogens is 4. The van der Waals surface area contributed by atoms with Crippen LogP contribution in [0.1, 0.15) is 0 Å². The van der Waals surface area contributed by atoms with Gasteiger partial charge in [-0.3, -0.25) is 4.57 Å². The fraction of sp³-hybridized carbons (Fsp3) is 0. The summed E-state index contributed by atoms with van der Waals surface area (Å²) in [6.45, 7) is 0. The smallest absolute Gasteiger partial charge is 0.238 e. The average molecular weight is 791 g/mol. The minimum Gasteiger partial charge on any atom is -0.454 e. The van der Waals surface area contributed by atoms with Crippen LogP contribution in [0.15, 0.2) is 211 Å². The molecule has 13 aromatic rings. The molecule has 3 aromatic heterocycles. The highest BCUT2D eigenvalue weighted by atomic mass is 16.3. The van der Waals surface area contributed by atoms with Crippen LogP contribution in [0.25, 0.3) is 127 Å². The lowest BCUT2D eigenvalue weighted by Gasteiger charge is -2.13. The highest BCUT2D eigenvalue weighted by molar-refractivity contribution is 6.28. The zero-order chi connectivity index (χ0) is 40.7. The van der Waals surface area contributed by atoms with Gasteiger partial charge in [0.1, 0.15) is 11.1 Å². The van der Waals surface area contributed by atoms with Crippen molar-refractivity contribution in [3.05, 3.63) is 206 Å². The maximum atomic E-state index is 6.92. The van der Waals surface area contributed by atoms with Crippen LogP contribution in [0.5, 0.6) is 0 Å². The van der Waals surface area contributed by atoms with E-state index in [0.29, 0.717) is 17.6 Å². The predicted octanol–water partition coefficient (Wildman–Crippen LogP) is 15.0. The number of benzene rings is 10. The topological polar surface area (TPSA) is 56.7 Å². The summed E-state index contributed by atoms with van der Waals surface area (Å²) in [5.74, 6) is 1.70. The van der Waals surface area contributed by atoms with Gasteiger partial charge in [0.2, 0.25) is 5.95 Å². The van der Waals surface area contributed by atoms with E-state index >= 15 is 0 Å². The van der Waals surface area contributed by atoms with Gasteiger partial charge in [0.05, 0.1) is 5.52 Å². The SMILES string of the molecule is c1ccc(-c2ccc(-c3nc(-c4ccccc4)nc(-n4c5ccccc5c5c(-c6ccc7c8ccccc8c8ccccc8c7c6)cc6c7ccccc7oc6c54)n3)cc2)cc1. The third-order valence-electron chi connectivity index (χ3n) is 12.4. The lowest BCUT2D eigenvalue weighted by atomic mass is 9.90. The Morgan fingerprint density at radius 2 is 0.823 bits per heavy atom. The van der Waals surface area contributed by atoms with Crippen LogP contribution in [0.3, 0.4) is 0 Å². The molecule has 0 atom stereocenters. The molecule has 288 valence electrons. The van der Waals surface area contributed by atoms with Crippen LogP contribution in [-0.4, -0.2) is 19.5 Å². The van der Waals surface area contributed by atoms with Crippen molar-refractivity contribution in [3.63, 3.8) is 0 Å². The predicted molar refractivity (Wildman–Crippen MR) is 256 cm³/mol. The Hall–Kier alpha value is -8.41. The maximum absolute atomic E-state index is 6.92. The van der Waals surface area contributed by atoms with Crippen LogP contribution in [-0.2, 0) is 0 Å². The molecule has 0 radical (unpaired) electrons. The van der Waals surface area contributed by atoms with Gasteiger partial charge in [0.25, 0.3) is 0 Å². The Bertz CT molecular complexity index is 3870. The van der Waals surface area contributed by atoms with E-state index in [1.807, 2.05) is 30.3 Å². The minimum atomic E-state index is 0.516. The number of para-hydroxylation sites is 2.